The fraction of sp³-hybridized carbons (Fsp3) is 0.704. The van der Waals surface area contributed by atoms with E-state index in [1.807, 2.05) is 156 Å². The summed E-state index contributed by atoms with van der Waals surface area (Å²) in [6, 6.07) is 14.5. The molecule has 0 saturated carbocycles. The van der Waals surface area contributed by atoms with E-state index < -0.39 is 28.5 Å². The fourth-order valence-electron chi connectivity index (χ4n) is 5.14. The molecule has 0 unspecified atom stereocenters. The monoisotopic (exact) mass is 1050 g/mol. The van der Waals surface area contributed by atoms with E-state index in [2.05, 4.69) is 34.5 Å². The van der Waals surface area contributed by atoms with Crippen LogP contribution >= 0.6 is 23.2 Å². The first-order valence-electron chi connectivity index (χ1n) is 24.2. The van der Waals surface area contributed by atoms with Crippen LogP contribution < -0.4 is 10.0 Å². The number of halogens is 2. The highest BCUT2D eigenvalue weighted by Crippen LogP contribution is 2.38. The second kappa shape index (κ2) is 73.7. The van der Waals surface area contributed by atoms with Crippen LogP contribution in [-0.2, 0) is 42.0 Å². The molecule has 420 valence electrons. The lowest BCUT2D eigenvalue weighted by molar-refractivity contribution is -0.137. The quantitative estimate of drug-likeness (QED) is 0.191. The molecule has 1 saturated heterocycles. The van der Waals surface area contributed by atoms with Gasteiger partial charge in [-0.15, -0.1) is 0 Å². The third-order valence-corrected chi connectivity index (χ3v) is 8.59. The largest absolute Gasteiger partial charge is 0.480 e. The predicted octanol–water partition coefficient (Wildman–Crippen LogP) is 15.8. The third kappa shape index (κ3) is 55.6. The maximum atomic E-state index is 13.2. The standard InChI is InChI=1S/C23H26Cl2N2O.C4H7NO3.C3H7NO4S.10C2H6.4CH4/c1-26(22(28)15-16-8-10-19(24)20(25)14-16)23-18-7-3-2-6-17(18)9-11-21(23)27-12-4-5-13-27;1-3(6)5-2-4(7)8;1-9(7,8)4-2-3(5)6;10*1-2;;;;/h2-3,6-8,10,14,21,23H,4-5,9,11-13,15H2,1H3;2H2,1H3,(H,5,6)(H,7,8);4H,2H2,1H3,(H,5,6);10*1-2H3;4*1H4/t21-,23-;;;;;;;;;;;;;;;;/m0................/s1. The van der Waals surface area contributed by atoms with Crippen molar-refractivity contribution in [3.05, 3.63) is 69.2 Å². The number of amides is 2. The van der Waals surface area contributed by atoms with Gasteiger partial charge in [-0.25, -0.2) is 13.1 Å². The number of aryl methyl sites for hydroxylation is 1. The molecule has 2 aromatic carbocycles. The lowest BCUT2D eigenvalue weighted by atomic mass is 9.82. The van der Waals surface area contributed by atoms with Gasteiger partial charge < -0.3 is 20.4 Å². The van der Waals surface area contributed by atoms with Gasteiger partial charge in [-0.05, 0) is 67.6 Å². The SMILES string of the molecule is C.C.C.C.CC.CC.CC.CC.CC.CC.CC.CC.CC.CC.CC(=O)NCC(=O)O.CN(C(=O)Cc1ccc(Cl)c(Cl)c1)[C@H]1c2ccccc2CC[C@@H]1N1CCCC1.CS(=O)(=O)NCC(=O)O. The van der Waals surface area contributed by atoms with Crippen LogP contribution in [0, 0.1) is 0 Å². The van der Waals surface area contributed by atoms with Crippen molar-refractivity contribution in [1.82, 2.24) is 19.8 Å². The summed E-state index contributed by atoms with van der Waals surface area (Å²) in [5, 5.41) is 19.0. The van der Waals surface area contributed by atoms with Crippen LogP contribution in [0.1, 0.15) is 217 Å². The molecule has 1 heterocycles. The molecule has 0 aromatic heterocycles. The van der Waals surface area contributed by atoms with Gasteiger partial charge in [0.2, 0.25) is 21.8 Å². The maximum absolute atomic E-state index is 13.2. The number of rotatable bonds is 9. The van der Waals surface area contributed by atoms with Crippen molar-refractivity contribution in [2.24, 2.45) is 0 Å². The van der Waals surface area contributed by atoms with Gasteiger partial charge in [-0.1, -0.05) is 222 Å². The Labute approximate surface area is 440 Å². The van der Waals surface area contributed by atoms with Gasteiger partial charge in [0.05, 0.1) is 28.8 Å². The zero-order valence-corrected chi connectivity index (χ0v) is 47.8. The topological polar surface area (TPSA) is 173 Å². The molecule has 4 rings (SSSR count). The molecule has 0 bridgehead atoms. The number of carbonyl (C=O) groups is 4. The summed E-state index contributed by atoms with van der Waals surface area (Å²) >= 11 is 12.2. The van der Waals surface area contributed by atoms with Crippen molar-refractivity contribution in [2.45, 2.75) is 219 Å². The van der Waals surface area contributed by atoms with Crippen LogP contribution in [0.4, 0.5) is 0 Å². The maximum Gasteiger partial charge on any atom is 0.322 e. The number of nitrogens with one attached hydrogen (secondary N) is 2. The van der Waals surface area contributed by atoms with E-state index in [9.17, 15) is 27.6 Å². The second-order valence-electron chi connectivity index (χ2n) is 10.7. The molecule has 2 aliphatic rings. The molecule has 69 heavy (non-hydrogen) atoms. The number of carboxylic acids is 2. The van der Waals surface area contributed by atoms with Gasteiger partial charge in [0.25, 0.3) is 0 Å². The van der Waals surface area contributed by atoms with E-state index in [4.69, 9.17) is 33.4 Å². The number of sulfonamides is 1. The summed E-state index contributed by atoms with van der Waals surface area (Å²) < 4.78 is 22.1. The summed E-state index contributed by atoms with van der Waals surface area (Å²) in [7, 11) is -1.40. The van der Waals surface area contributed by atoms with Gasteiger partial charge in [-0.3, -0.25) is 24.1 Å². The molecule has 1 aliphatic carbocycles. The first-order valence-corrected chi connectivity index (χ1v) is 26.9. The van der Waals surface area contributed by atoms with E-state index in [-0.39, 0.29) is 54.1 Å². The Balaban J connectivity index is -0.0000000587. The van der Waals surface area contributed by atoms with Crippen LogP contribution in [0.3, 0.4) is 0 Å². The van der Waals surface area contributed by atoms with Crippen molar-refractivity contribution in [3.63, 3.8) is 0 Å². The number of benzene rings is 2. The van der Waals surface area contributed by atoms with Crippen molar-refractivity contribution in [2.75, 3.05) is 39.5 Å². The number of hydrogen-bond acceptors (Lipinski definition) is 7. The number of hydrogen-bond donors (Lipinski definition) is 4. The summed E-state index contributed by atoms with van der Waals surface area (Å²) in [4.78, 5) is 47.1. The fourth-order valence-corrected chi connectivity index (χ4v) is 5.84. The van der Waals surface area contributed by atoms with Gasteiger partial charge in [-0.2, -0.15) is 0 Å². The Morgan fingerprint density at radius 2 is 1.07 bits per heavy atom. The molecule has 0 spiro atoms. The van der Waals surface area contributed by atoms with Crippen molar-refractivity contribution < 1.29 is 37.8 Å². The Hall–Kier alpha value is -3.23. The van der Waals surface area contributed by atoms with Crippen molar-refractivity contribution >= 4 is 57.0 Å². The van der Waals surface area contributed by atoms with Gasteiger partial charge in [0.1, 0.15) is 13.1 Å². The second-order valence-corrected chi connectivity index (χ2v) is 13.4. The molecule has 2 atom stereocenters. The molecule has 0 radical (unpaired) electrons. The van der Waals surface area contributed by atoms with E-state index in [1.54, 1.807) is 16.9 Å². The predicted molar refractivity (Wildman–Crippen MR) is 312 cm³/mol. The van der Waals surface area contributed by atoms with Gasteiger partial charge in [0.15, 0.2) is 0 Å². The van der Waals surface area contributed by atoms with Crippen LogP contribution in [0.15, 0.2) is 42.5 Å². The van der Waals surface area contributed by atoms with Crippen molar-refractivity contribution in [1.29, 1.82) is 0 Å². The number of fused-ring (bicyclic) bond motifs is 1. The highest BCUT2D eigenvalue weighted by Gasteiger charge is 2.38. The molecule has 2 amide bonds. The lowest BCUT2D eigenvalue weighted by Gasteiger charge is -2.43. The molecule has 2 aromatic rings. The minimum absolute atomic E-state index is 0. The molecular weight excluding hydrogens is 936 g/mol. The number of carboxylic acid groups (broad SMARTS) is 2. The Morgan fingerprint density at radius 1 is 0.667 bits per heavy atom. The number of nitrogens with zero attached hydrogens (tertiary/aromatic N) is 2. The average Bonchev–Trinajstić information content (AvgIpc) is 3.90. The zero-order valence-electron chi connectivity index (χ0n) is 45.5. The minimum Gasteiger partial charge on any atom is -0.480 e. The molecule has 15 heteroatoms. The number of likely N-dealkylation sites (N-methyl/N-ethyl adjacent to an activating group) is 1. The van der Waals surface area contributed by atoms with Crippen LogP contribution in [0.5, 0.6) is 0 Å². The average molecular weight is 1050 g/mol. The van der Waals surface area contributed by atoms with Crippen LogP contribution in [-0.4, -0.2) is 97.7 Å². The Kier molecular flexibility index (Phi) is 106. The molecule has 1 fully saturated rings. The third-order valence-electron chi connectivity index (χ3n) is 7.18. The zero-order chi connectivity index (χ0) is 53.7. The lowest BCUT2D eigenvalue weighted by Crippen LogP contribution is -2.48. The molecular formula is C54H116Cl2N4O8S. The summed E-state index contributed by atoms with van der Waals surface area (Å²) in [5.41, 5.74) is 3.57. The number of aliphatic carboxylic acids is 2. The highest BCUT2D eigenvalue weighted by molar-refractivity contribution is 7.88. The van der Waals surface area contributed by atoms with Gasteiger partial charge in [0, 0.05) is 20.0 Å². The van der Waals surface area contributed by atoms with E-state index in [0.717, 1.165) is 37.8 Å². The Bertz CT molecular complexity index is 1450. The van der Waals surface area contributed by atoms with Crippen LogP contribution in [0.2, 0.25) is 10.0 Å². The van der Waals surface area contributed by atoms with Crippen LogP contribution in [0.25, 0.3) is 0 Å². The van der Waals surface area contributed by atoms with E-state index in [0.29, 0.717) is 22.5 Å². The van der Waals surface area contributed by atoms with Crippen molar-refractivity contribution in [3.8, 4) is 0 Å². The van der Waals surface area contributed by atoms with Gasteiger partial charge >= 0.3 is 11.9 Å². The minimum atomic E-state index is -3.35. The Morgan fingerprint density at radius 3 is 1.41 bits per heavy atom. The summed E-state index contributed by atoms with van der Waals surface area (Å²) in [5.74, 6) is -2.43. The molecule has 12 nitrogen and oxygen atoms in total. The summed E-state index contributed by atoms with van der Waals surface area (Å²) in [6.07, 6.45) is 5.93. The summed E-state index contributed by atoms with van der Waals surface area (Å²) in [6.45, 7) is 42.7. The number of carbonyl (C=O) groups excluding carboxylic acids is 2. The number of likely N-dealkylation sites (tertiary alicyclic amines) is 1. The van der Waals surface area contributed by atoms with E-state index in [1.165, 1.54) is 30.9 Å². The van der Waals surface area contributed by atoms with E-state index >= 15 is 0 Å². The highest BCUT2D eigenvalue weighted by atomic mass is 35.5. The molecule has 4 N–H and O–H groups in total. The first kappa shape index (κ1) is 99.1. The smallest absolute Gasteiger partial charge is 0.322 e. The first-order chi connectivity index (χ1) is 31.1. The normalized spacial score (nSPS) is 12.2. The molecule has 1 aliphatic heterocycles.